The maximum Gasteiger partial charge on any atom is 0.408 e. The molecule has 6 nitrogen and oxygen atoms in total. The standard InChI is InChI=1S/C24H30BrFN2O4/c1-14(2)10-24(6,28-22(29)32-23(3,4)5)13-31-18-8-7-15-16-9-20(25)27-11-19(16)30-12-17(15)21(18)26/h7-9,11,14H,10,12-13H2,1-6H3,(H,28,29). The average molecular weight is 509 g/mol. The fraction of sp³-hybridized carbons (Fsp3) is 0.500. The fourth-order valence-corrected chi connectivity index (χ4v) is 4.16. The smallest absolute Gasteiger partial charge is 0.408 e. The van der Waals surface area contributed by atoms with Gasteiger partial charge in [-0.05, 0) is 79.7 Å². The summed E-state index contributed by atoms with van der Waals surface area (Å²) in [5, 5.41) is 2.91. The minimum absolute atomic E-state index is 0.0903. The van der Waals surface area contributed by atoms with Gasteiger partial charge >= 0.3 is 6.09 Å². The van der Waals surface area contributed by atoms with Gasteiger partial charge in [-0.1, -0.05) is 13.8 Å². The topological polar surface area (TPSA) is 69.7 Å². The van der Waals surface area contributed by atoms with Crippen molar-refractivity contribution in [3.63, 3.8) is 0 Å². The van der Waals surface area contributed by atoms with E-state index in [0.717, 1.165) is 11.1 Å². The number of halogens is 2. The van der Waals surface area contributed by atoms with Crippen molar-refractivity contribution >= 4 is 22.0 Å². The Hall–Kier alpha value is -2.35. The monoisotopic (exact) mass is 508 g/mol. The first-order valence-electron chi connectivity index (χ1n) is 10.6. The molecule has 3 rings (SSSR count). The van der Waals surface area contributed by atoms with Crippen LogP contribution in [0.3, 0.4) is 0 Å². The zero-order valence-corrected chi connectivity index (χ0v) is 20.9. The van der Waals surface area contributed by atoms with Gasteiger partial charge in [0.05, 0.1) is 11.7 Å². The molecule has 0 saturated carbocycles. The van der Waals surface area contributed by atoms with Gasteiger partial charge in [0.1, 0.15) is 29.2 Å². The van der Waals surface area contributed by atoms with Crippen molar-refractivity contribution in [3.05, 3.63) is 40.4 Å². The SMILES string of the molecule is CC(C)CC(C)(COc1ccc2c(c1F)COc1cnc(Br)cc1-2)NC(=O)OC(C)(C)C. The minimum atomic E-state index is -0.738. The number of alkyl carbamates (subject to hydrolysis) is 1. The highest BCUT2D eigenvalue weighted by atomic mass is 79.9. The summed E-state index contributed by atoms with van der Waals surface area (Å²) in [5.41, 5.74) is 0.595. The molecular weight excluding hydrogens is 479 g/mol. The first-order chi connectivity index (χ1) is 14.9. The number of amides is 1. The summed E-state index contributed by atoms with van der Waals surface area (Å²) < 4.78 is 32.9. The number of aromatic nitrogens is 1. The largest absolute Gasteiger partial charge is 0.488 e. The lowest BCUT2D eigenvalue weighted by molar-refractivity contribution is 0.0406. The second kappa shape index (κ2) is 9.25. The molecule has 32 heavy (non-hydrogen) atoms. The number of carbonyl (C=O) groups is 1. The summed E-state index contributed by atoms with van der Waals surface area (Å²) >= 11 is 3.35. The van der Waals surface area contributed by atoms with Crippen molar-refractivity contribution in [1.82, 2.24) is 10.3 Å². The Labute approximate surface area is 197 Å². The van der Waals surface area contributed by atoms with Gasteiger partial charge in [0.15, 0.2) is 11.6 Å². The number of rotatable bonds is 6. The maximum absolute atomic E-state index is 15.3. The van der Waals surface area contributed by atoms with Gasteiger partial charge in [-0.3, -0.25) is 0 Å². The van der Waals surface area contributed by atoms with Gasteiger partial charge < -0.3 is 19.5 Å². The summed E-state index contributed by atoms with van der Waals surface area (Å²) in [6, 6.07) is 5.24. The molecule has 8 heteroatoms. The molecule has 0 saturated heterocycles. The molecule has 0 fully saturated rings. The third-order valence-electron chi connectivity index (χ3n) is 4.91. The first kappa shape index (κ1) is 24.3. The van der Waals surface area contributed by atoms with E-state index >= 15 is 4.39 Å². The van der Waals surface area contributed by atoms with Crippen LogP contribution in [0, 0.1) is 11.7 Å². The molecule has 1 amide bonds. The molecule has 1 atom stereocenters. The Bertz CT molecular complexity index is 1010. The third kappa shape index (κ3) is 5.91. The minimum Gasteiger partial charge on any atom is -0.488 e. The van der Waals surface area contributed by atoms with E-state index in [1.165, 1.54) is 0 Å². The Morgan fingerprint density at radius 1 is 1.28 bits per heavy atom. The van der Waals surface area contributed by atoms with Crippen molar-refractivity contribution in [2.75, 3.05) is 6.61 Å². The molecule has 2 heterocycles. The molecule has 1 N–H and O–H groups in total. The molecule has 2 aromatic rings. The molecule has 1 aliphatic rings. The summed E-state index contributed by atoms with van der Waals surface area (Å²) in [6.07, 6.45) is 1.72. The number of benzene rings is 1. The first-order valence-corrected chi connectivity index (χ1v) is 11.4. The highest BCUT2D eigenvalue weighted by Crippen LogP contribution is 2.41. The lowest BCUT2D eigenvalue weighted by Gasteiger charge is -2.33. The van der Waals surface area contributed by atoms with E-state index in [0.29, 0.717) is 22.3 Å². The van der Waals surface area contributed by atoms with E-state index in [2.05, 4.69) is 40.1 Å². The van der Waals surface area contributed by atoms with Crippen molar-refractivity contribution in [2.24, 2.45) is 5.92 Å². The van der Waals surface area contributed by atoms with Crippen LogP contribution in [-0.2, 0) is 11.3 Å². The molecule has 1 aromatic heterocycles. The van der Waals surface area contributed by atoms with Gasteiger partial charge in [-0.15, -0.1) is 0 Å². The average Bonchev–Trinajstić information content (AvgIpc) is 2.65. The number of hydrogen-bond donors (Lipinski definition) is 1. The van der Waals surface area contributed by atoms with E-state index in [4.69, 9.17) is 14.2 Å². The predicted molar refractivity (Wildman–Crippen MR) is 124 cm³/mol. The Balaban J connectivity index is 1.81. The molecule has 0 bridgehead atoms. The normalized spacial score (nSPS) is 14.7. The van der Waals surface area contributed by atoms with Gasteiger partial charge in [-0.25, -0.2) is 14.2 Å². The van der Waals surface area contributed by atoms with Crippen molar-refractivity contribution in [1.29, 1.82) is 0 Å². The van der Waals surface area contributed by atoms with E-state index in [-0.39, 0.29) is 24.9 Å². The van der Waals surface area contributed by atoms with Crippen LogP contribution in [-0.4, -0.2) is 28.8 Å². The van der Waals surface area contributed by atoms with Gasteiger partial charge in [0.25, 0.3) is 0 Å². The second-order valence-corrected chi connectivity index (χ2v) is 10.6. The number of hydrogen-bond acceptors (Lipinski definition) is 5. The lowest BCUT2D eigenvalue weighted by atomic mass is 9.91. The third-order valence-corrected chi connectivity index (χ3v) is 5.35. The van der Waals surface area contributed by atoms with Crippen molar-refractivity contribution in [2.45, 2.75) is 65.7 Å². The van der Waals surface area contributed by atoms with Crippen LogP contribution < -0.4 is 14.8 Å². The van der Waals surface area contributed by atoms with E-state index < -0.39 is 23.1 Å². The number of fused-ring (bicyclic) bond motifs is 3. The van der Waals surface area contributed by atoms with Crippen LogP contribution in [0.25, 0.3) is 11.1 Å². The Morgan fingerprint density at radius 2 is 2.00 bits per heavy atom. The molecule has 0 spiro atoms. The molecule has 0 radical (unpaired) electrons. The maximum atomic E-state index is 15.3. The van der Waals surface area contributed by atoms with Gasteiger partial charge in [0.2, 0.25) is 0 Å². The summed E-state index contributed by atoms with van der Waals surface area (Å²) in [7, 11) is 0. The molecule has 1 unspecified atom stereocenters. The summed E-state index contributed by atoms with van der Waals surface area (Å²) in [5.74, 6) is 0.541. The number of carbonyl (C=O) groups excluding carboxylic acids is 1. The van der Waals surface area contributed by atoms with E-state index in [1.807, 2.05) is 13.0 Å². The number of nitrogens with zero attached hydrogens (tertiary/aromatic N) is 1. The van der Waals surface area contributed by atoms with Crippen LogP contribution in [0.1, 0.15) is 53.5 Å². The zero-order chi connectivity index (χ0) is 23.7. The Kier molecular flexibility index (Phi) is 7.03. The van der Waals surface area contributed by atoms with Crippen LogP contribution in [0.5, 0.6) is 11.5 Å². The van der Waals surface area contributed by atoms with Crippen molar-refractivity contribution < 1.29 is 23.4 Å². The summed E-state index contributed by atoms with van der Waals surface area (Å²) in [6.45, 7) is 11.6. The number of pyridine rings is 1. The highest BCUT2D eigenvalue weighted by molar-refractivity contribution is 9.10. The van der Waals surface area contributed by atoms with Crippen LogP contribution in [0.4, 0.5) is 9.18 Å². The molecule has 1 aromatic carbocycles. The predicted octanol–water partition coefficient (Wildman–Crippen LogP) is 6.25. The number of nitrogens with one attached hydrogen (secondary N) is 1. The van der Waals surface area contributed by atoms with E-state index in [9.17, 15) is 4.79 Å². The molecular formula is C24H30BrFN2O4. The number of ether oxygens (including phenoxy) is 3. The molecule has 174 valence electrons. The van der Waals surface area contributed by atoms with Gasteiger partial charge in [0, 0.05) is 11.1 Å². The van der Waals surface area contributed by atoms with Crippen LogP contribution >= 0.6 is 15.9 Å². The lowest BCUT2D eigenvalue weighted by Crippen LogP contribution is -2.52. The molecule has 1 aliphatic heterocycles. The van der Waals surface area contributed by atoms with E-state index in [1.54, 1.807) is 39.1 Å². The fourth-order valence-electron chi connectivity index (χ4n) is 3.83. The van der Waals surface area contributed by atoms with Crippen LogP contribution in [0.15, 0.2) is 29.0 Å². The summed E-state index contributed by atoms with van der Waals surface area (Å²) in [4.78, 5) is 16.5. The second-order valence-electron chi connectivity index (χ2n) is 9.77. The van der Waals surface area contributed by atoms with Crippen molar-refractivity contribution in [3.8, 4) is 22.6 Å². The molecule has 0 aliphatic carbocycles. The highest BCUT2D eigenvalue weighted by Gasteiger charge is 2.32. The quantitative estimate of drug-likeness (QED) is 0.466. The Morgan fingerprint density at radius 3 is 2.66 bits per heavy atom. The zero-order valence-electron chi connectivity index (χ0n) is 19.3. The van der Waals surface area contributed by atoms with Gasteiger partial charge in [-0.2, -0.15) is 0 Å². The van der Waals surface area contributed by atoms with Crippen LogP contribution in [0.2, 0.25) is 0 Å².